The van der Waals surface area contributed by atoms with Gasteiger partial charge < -0.3 is 9.47 Å². The summed E-state index contributed by atoms with van der Waals surface area (Å²) in [5, 5.41) is 16.2. The van der Waals surface area contributed by atoms with E-state index in [1.165, 1.54) is 7.11 Å². The van der Waals surface area contributed by atoms with Crippen molar-refractivity contribution < 1.29 is 9.47 Å². The van der Waals surface area contributed by atoms with Crippen molar-refractivity contribution in [1.29, 1.82) is 10.7 Å². The average molecular weight is 251 g/mol. The summed E-state index contributed by atoms with van der Waals surface area (Å²) in [6.45, 7) is 1.84. The third-order valence-corrected chi connectivity index (χ3v) is 2.42. The van der Waals surface area contributed by atoms with E-state index in [0.29, 0.717) is 17.2 Å². The normalized spacial score (nSPS) is 9.35. The summed E-state index contributed by atoms with van der Waals surface area (Å²) < 4.78 is 10.4. The summed E-state index contributed by atoms with van der Waals surface area (Å²) in [4.78, 5) is 1.08. The molecule has 0 aliphatic rings. The third kappa shape index (κ3) is 2.63. The molecule has 1 aromatic carbocycles. The van der Waals surface area contributed by atoms with E-state index >= 15 is 0 Å². The van der Waals surface area contributed by atoms with Gasteiger partial charge in [-0.25, -0.2) is 4.90 Å². The first-order valence-corrected chi connectivity index (χ1v) is 5.19. The number of hydrogen-bond donors (Lipinski definition) is 2. The van der Waals surface area contributed by atoms with E-state index in [4.69, 9.17) is 20.1 Å². The fraction of sp³-hybridized carbons (Fsp3) is 0.273. The Morgan fingerprint density at radius 3 is 2.47 bits per heavy atom. The Morgan fingerprint density at radius 2 is 2.06 bits per heavy atom. The Kier molecular flexibility index (Phi) is 4.24. The number of aryl methyl sites for hydroxylation is 1. The predicted molar refractivity (Wildman–Crippen MR) is 69.1 cm³/mol. The summed E-state index contributed by atoms with van der Waals surface area (Å²) in [6.07, 6.45) is 1.87. The number of ether oxygens (including phenoxy) is 2. The van der Waals surface area contributed by atoms with Crippen LogP contribution in [0.1, 0.15) is 5.56 Å². The number of benzene rings is 1. The Labute approximate surface area is 105 Å². The van der Waals surface area contributed by atoms with Crippen LogP contribution in [0.4, 0.5) is 5.69 Å². The number of amidine groups is 1. The molecular weight excluding hydrogens is 238 g/mol. The topological polar surface area (TPSA) is 69.3 Å². The maximum atomic E-state index is 8.94. The summed E-state index contributed by atoms with van der Waals surface area (Å²) >= 11 is 3.85. The third-order valence-electron chi connectivity index (χ3n) is 2.22. The van der Waals surface area contributed by atoms with Gasteiger partial charge in [-0.1, -0.05) is 0 Å². The van der Waals surface area contributed by atoms with Gasteiger partial charge in [0.25, 0.3) is 0 Å². The molecular formula is C11H13N3O2S. The molecule has 0 spiro atoms. The van der Waals surface area contributed by atoms with E-state index in [2.05, 4.69) is 12.6 Å². The number of nitriles is 1. The molecule has 1 aromatic rings. The lowest BCUT2D eigenvalue weighted by Gasteiger charge is -2.17. The average Bonchev–Trinajstić information content (AvgIpc) is 2.28. The van der Waals surface area contributed by atoms with Crippen molar-refractivity contribution in [2.45, 2.75) is 6.92 Å². The molecule has 90 valence electrons. The van der Waals surface area contributed by atoms with Crippen LogP contribution in [0.3, 0.4) is 0 Å². The van der Waals surface area contributed by atoms with Crippen LogP contribution in [-0.4, -0.2) is 19.4 Å². The van der Waals surface area contributed by atoms with Crippen molar-refractivity contribution in [3.8, 4) is 17.7 Å². The van der Waals surface area contributed by atoms with Gasteiger partial charge in [0.2, 0.25) is 0 Å². The van der Waals surface area contributed by atoms with Crippen molar-refractivity contribution in [1.82, 2.24) is 0 Å². The molecule has 0 amide bonds. The van der Waals surface area contributed by atoms with Crippen molar-refractivity contribution in [3.63, 3.8) is 0 Å². The van der Waals surface area contributed by atoms with E-state index in [9.17, 15) is 0 Å². The number of methoxy groups -OCH3 is 2. The molecule has 0 saturated heterocycles. The van der Waals surface area contributed by atoms with Crippen LogP contribution < -0.4 is 14.4 Å². The first kappa shape index (κ1) is 13.2. The summed E-state index contributed by atoms with van der Waals surface area (Å²) in [5.74, 6) is 1.12. The van der Waals surface area contributed by atoms with Gasteiger partial charge in [-0.2, -0.15) is 5.26 Å². The van der Waals surface area contributed by atoms with Crippen molar-refractivity contribution in [2.75, 3.05) is 19.1 Å². The van der Waals surface area contributed by atoms with Gasteiger partial charge in [-0.15, -0.1) is 12.6 Å². The number of hydrogen-bond acceptors (Lipinski definition) is 4. The fourth-order valence-corrected chi connectivity index (χ4v) is 1.65. The molecule has 1 rings (SSSR count). The van der Waals surface area contributed by atoms with Crippen LogP contribution in [-0.2, 0) is 0 Å². The van der Waals surface area contributed by atoms with Crippen molar-refractivity contribution in [2.24, 2.45) is 0 Å². The Hall–Kier alpha value is -1.87. The van der Waals surface area contributed by atoms with Gasteiger partial charge in [0.1, 0.15) is 0 Å². The van der Waals surface area contributed by atoms with Crippen LogP contribution in [0.5, 0.6) is 11.5 Å². The number of thiol groups is 1. The highest BCUT2D eigenvalue weighted by Crippen LogP contribution is 2.35. The maximum Gasteiger partial charge on any atom is 0.191 e. The largest absolute Gasteiger partial charge is 0.493 e. The number of anilines is 1. The monoisotopic (exact) mass is 251 g/mol. The van der Waals surface area contributed by atoms with Crippen LogP contribution >= 0.6 is 12.6 Å². The molecule has 0 aliphatic heterocycles. The smallest absolute Gasteiger partial charge is 0.191 e. The lowest BCUT2D eigenvalue weighted by Crippen LogP contribution is -2.20. The highest BCUT2D eigenvalue weighted by molar-refractivity contribution is 7.97. The van der Waals surface area contributed by atoms with E-state index < -0.39 is 0 Å². The molecule has 0 aromatic heterocycles. The Morgan fingerprint density at radius 1 is 1.41 bits per heavy atom. The molecule has 5 nitrogen and oxygen atoms in total. The minimum atomic E-state index is -0.154. The number of nitrogens with one attached hydrogen (secondary N) is 1. The SMILES string of the molecule is COc1cc(N(C#N)C(=N)S)cc(C)c1OC. The molecule has 1 N–H and O–H groups in total. The van der Waals surface area contributed by atoms with Crippen LogP contribution in [0.15, 0.2) is 12.1 Å². The second-order valence-electron chi connectivity index (χ2n) is 3.26. The molecule has 0 radical (unpaired) electrons. The molecule has 0 fully saturated rings. The molecule has 0 saturated carbocycles. The van der Waals surface area contributed by atoms with Crippen LogP contribution in [0, 0.1) is 23.8 Å². The zero-order valence-electron chi connectivity index (χ0n) is 9.81. The van der Waals surface area contributed by atoms with E-state index in [1.54, 1.807) is 19.2 Å². The van der Waals surface area contributed by atoms with Crippen molar-refractivity contribution >= 4 is 23.5 Å². The van der Waals surface area contributed by atoms with E-state index in [0.717, 1.165) is 10.5 Å². The van der Waals surface area contributed by atoms with Crippen LogP contribution in [0.2, 0.25) is 0 Å². The summed E-state index contributed by atoms with van der Waals surface area (Å²) in [6, 6.07) is 3.36. The van der Waals surface area contributed by atoms with Gasteiger partial charge in [0.05, 0.1) is 19.9 Å². The summed E-state index contributed by atoms with van der Waals surface area (Å²) in [7, 11) is 3.07. The highest BCUT2D eigenvalue weighted by atomic mass is 32.1. The van der Waals surface area contributed by atoms with Crippen LogP contribution in [0.25, 0.3) is 0 Å². The van der Waals surface area contributed by atoms with Gasteiger partial charge in [0.15, 0.2) is 22.9 Å². The van der Waals surface area contributed by atoms with Crippen molar-refractivity contribution in [3.05, 3.63) is 17.7 Å². The molecule has 0 aliphatic carbocycles. The Balaban J connectivity index is 3.34. The quantitative estimate of drug-likeness (QED) is 0.284. The predicted octanol–water partition coefficient (Wildman–Crippen LogP) is 2.16. The number of nitrogens with zero attached hydrogens (tertiary/aromatic N) is 2. The minimum absolute atomic E-state index is 0.154. The first-order chi connectivity index (χ1) is 8.04. The van der Waals surface area contributed by atoms with Gasteiger partial charge in [-0.05, 0) is 18.6 Å². The molecule has 0 bridgehead atoms. The molecule has 6 heteroatoms. The molecule has 0 unspecified atom stereocenters. The highest BCUT2D eigenvalue weighted by Gasteiger charge is 2.15. The fourth-order valence-electron chi connectivity index (χ4n) is 1.49. The molecule has 17 heavy (non-hydrogen) atoms. The second kappa shape index (κ2) is 5.46. The van der Waals surface area contributed by atoms with Gasteiger partial charge >= 0.3 is 0 Å². The molecule has 0 heterocycles. The lowest BCUT2D eigenvalue weighted by molar-refractivity contribution is 0.353. The second-order valence-corrected chi connectivity index (χ2v) is 3.68. The number of rotatable bonds is 3. The molecule has 0 atom stereocenters. The van der Waals surface area contributed by atoms with E-state index in [-0.39, 0.29) is 5.17 Å². The summed E-state index contributed by atoms with van der Waals surface area (Å²) in [5.41, 5.74) is 1.33. The minimum Gasteiger partial charge on any atom is -0.493 e. The maximum absolute atomic E-state index is 8.94. The zero-order valence-corrected chi connectivity index (χ0v) is 10.7. The standard InChI is InChI=1S/C11H13N3O2S/c1-7-4-8(14(6-12)11(13)17)5-9(15-2)10(7)16-3/h4-5H,1-3H3,(H2,13,17). The van der Waals surface area contributed by atoms with E-state index in [1.807, 2.05) is 13.1 Å². The lowest BCUT2D eigenvalue weighted by atomic mass is 10.1. The Bertz CT molecular complexity index is 482. The first-order valence-electron chi connectivity index (χ1n) is 4.75. The van der Waals surface area contributed by atoms with Gasteiger partial charge in [-0.3, -0.25) is 5.41 Å². The zero-order chi connectivity index (χ0) is 13.0. The van der Waals surface area contributed by atoms with Gasteiger partial charge in [0, 0.05) is 6.07 Å².